The van der Waals surface area contributed by atoms with Crippen LogP contribution < -0.4 is 0 Å². The Morgan fingerprint density at radius 2 is 2.15 bits per heavy atom. The summed E-state index contributed by atoms with van der Waals surface area (Å²) < 4.78 is 0. The lowest BCUT2D eigenvalue weighted by molar-refractivity contribution is -0.106. The molecule has 1 rings (SSSR count). The quantitative estimate of drug-likeness (QED) is 0.732. The van der Waals surface area contributed by atoms with Crippen molar-refractivity contribution in [3.63, 3.8) is 0 Å². The Kier molecular flexibility index (Phi) is 3.31. The van der Waals surface area contributed by atoms with Gasteiger partial charge in [-0.15, -0.1) is 0 Å². The number of rotatable bonds is 3. The molecular weight excluding hydrogens is 184 g/mol. The third-order valence-corrected chi connectivity index (χ3v) is 4.84. The smallest absolute Gasteiger partial charge is 0.0823 e. The molecule has 0 aromatic rings. The van der Waals surface area contributed by atoms with Crippen molar-refractivity contribution in [2.75, 3.05) is 18.1 Å². The predicted molar refractivity (Wildman–Crippen MR) is 56.9 cm³/mol. The van der Waals surface area contributed by atoms with Crippen molar-refractivity contribution in [1.29, 1.82) is 0 Å². The molecule has 0 bridgehead atoms. The van der Waals surface area contributed by atoms with E-state index in [9.17, 15) is 10.2 Å². The van der Waals surface area contributed by atoms with Gasteiger partial charge in [0, 0.05) is 11.2 Å². The van der Waals surface area contributed by atoms with Gasteiger partial charge in [-0.25, -0.2) is 0 Å². The van der Waals surface area contributed by atoms with Crippen LogP contribution in [0.5, 0.6) is 0 Å². The molecular formula is C10H20O2S. The third kappa shape index (κ3) is 1.74. The van der Waals surface area contributed by atoms with Gasteiger partial charge >= 0.3 is 0 Å². The average molecular weight is 204 g/mol. The van der Waals surface area contributed by atoms with Crippen LogP contribution in [-0.2, 0) is 0 Å². The Balaban J connectivity index is 2.86. The van der Waals surface area contributed by atoms with E-state index in [0.717, 1.165) is 17.9 Å². The van der Waals surface area contributed by atoms with E-state index in [2.05, 4.69) is 13.8 Å². The van der Waals surface area contributed by atoms with Crippen molar-refractivity contribution in [2.24, 2.45) is 11.3 Å². The van der Waals surface area contributed by atoms with Crippen LogP contribution in [0.25, 0.3) is 0 Å². The van der Waals surface area contributed by atoms with Crippen molar-refractivity contribution in [3.05, 3.63) is 0 Å². The zero-order valence-electron chi connectivity index (χ0n) is 8.71. The van der Waals surface area contributed by atoms with Gasteiger partial charge in [-0.2, -0.15) is 11.8 Å². The molecule has 1 saturated heterocycles. The first-order valence-electron chi connectivity index (χ1n) is 4.87. The summed E-state index contributed by atoms with van der Waals surface area (Å²) in [5, 5.41) is 19.8. The fourth-order valence-corrected chi connectivity index (χ4v) is 3.31. The number of thioether (sulfide) groups is 1. The molecule has 78 valence electrons. The van der Waals surface area contributed by atoms with Gasteiger partial charge in [0.1, 0.15) is 0 Å². The lowest BCUT2D eigenvalue weighted by atomic mass is 9.66. The normalized spacial score (nSPS) is 33.7. The molecule has 2 unspecified atom stereocenters. The highest BCUT2D eigenvalue weighted by molar-refractivity contribution is 7.99. The van der Waals surface area contributed by atoms with Crippen LogP contribution in [0.15, 0.2) is 0 Å². The minimum atomic E-state index is -0.666. The van der Waals surface area contributed by atoms with E-state index in [1.165, 1.54) is 0 Å². The van der Waals surface area contributed by atoms with Crippen molar-refractivity contribution < 1.29 is 10.2 Å². The van der Waals surface area contributed by atoms with Crippen LogP contribution in [0.2, 0.25) is 0 Å². The van der Waals surface area contributed by atoms with Gasteiger partial charge < -0.3 is 10.2 Å². The molecule has 0 aliphatic carbocycles. The van der Waals surface area contributed by atoms with Crippen molar-refractivity contribution in [1.82, 2.24) is 0 Å². The molecule has 13 heavy (non-hydrogen) atoms. The monoisotopic (exact) mass is 204 g/mol. The van der Waals surface area contributed by atoms with Crippen LogP contribution >= 0.6 is 11.8 Å². The van der Waals surface area contributed by atoms with Gasteiger partial charge in [-0.1, -0.05) is 20.8 Å². The fraction of sp³-hybridized carbons (Fsp3) is 1.00. The van der Waals surface area contributed by atoms with Gasteiger partial charge in [0.2, 0.25) is 0 Å². The highest BCUT2D eigenvalue weighted by Crippen LogP contribution is 2.46. The molecule has 1 aliphatic heterocycles. The van der Waals surface area contributed by atoms with Crippen LogP contribution in [0.3, 0.4) is 0 Å². The summed E-state index contributed by atoms with van der Waals surface area (Å²) in [5.41, 5.74) is -1.02. The molecule has 3 heteroatoms. The molecule has 0 aromatic heterocycles. The predicted octanol–water partition coefficient (Wildman–Crippen LogP) is 1.51. The Hall–Kier alpha value is 0.270. The van der Waals surface area contributed by atoms with Crippen molar-refractivity contribution in [3.8, 4) is 0 Å². The number of hydrogen-bond acceptors (Lipinski definition) is 3. The Morgan fingerprint density at radius 1 is 1.54 bits per heavy atom. The maximum absolute atomic E-state index is 10.4. The van der Waals surface area contributed by atoms with E-state index in [1.54, 1.807) is 11.8 Å². The van der Waals surface area contributed by atoms with E-state index >= 15 is 0 Å². The van der Waals surface area contributed by atoms with Crippen LogP contribution in [0.1, 0.15) is 27.2 Å². The molecule has 2 atom stereocenters. The maximum atomic E-state index is 10.4. The van der Waals surface area contributed by atoms with Crippen LogP contribution in [0, 0.1) is 11.3 Å². The van der Waals surface area contributed by atoms with Gasteiger partial charge in [0.05, 0.1) is 12.2 Å². The zero-order chi connectivity index (χ0) is 10.1. The molecule has 1 heterocycles. The SMILES string of the molecule is CC(C)C(C)(CO)C1(O)CCSC1. The minimum absolute atomic E-state index is 0.0712. The minimum Gasteiger partial charge on any atom is -0.396 e. The first-order valence-corrected chi connectivity index (χ1v) is 6.03. The molecule has 2 N–H and O–H groups in total. The molecule has 0 saturated carbocycles. The summed E-state index contributed by atoms with van der Waals surface area (Å²) in [6, 6.07) is 0. The third-order valence-electron chi connectivity index (χ3n) is 3.67. The molecule has 1 fully saturated rings. The summed E-state index contributed by atoms with van der Waals surface area (Å²) in [5.74, 6) is 2.09. The summed E-state index contributed by atoms with van der Waals surface area (Å²) in [4.78, 5) is 0. The summed E-state index contributed by atoms with van der Waals surface area (Å²) in [6.45, 7) is 6.19. The Bertz CT molecular complexity index is 176. The maximum Gasteiger partial charge on any atom is 0.0823 e. The van der Waals surface area contributed by atoms with E-state index in [4.69, 9.17) is 0 Å². The first-order chi connectivity index (χ1) is 5.96. The zero-order valence-corrected chi connectivity index (χ0v) is 9.52. The average Bonchev–Trinajstić information content (AvgIpc) is 2.51. The lowest BCUT2D eigenvalue weighted by Crippen LogP contribution is -2.52. The topological polar surface area (TPSA) is 40.5 Å². The molecule has 0 radical (unpaired) electrons. The highest BCUT2D eigenvalue weighted by Gasteiger charge is 2.50. The van der Waals surface area contributed by atoms with Gasteiger partial charge in [0.15, 0.2) is 0 Å². The van der Waals surface area contributed by atoms with Crippen LogP contribution in [0.4, 0.5) is 0 Å². The van der Waals surface area contributed by atoms with Gasteiger partial charge in [0.25, 0.3) is 0 Å². The number of aliphatic hydroxyl groups is 2. The van der Waals surface area contributed by atoms with Gasteiger partial charge in [-0.05, 0) is 18.1 Å². The highest BCUT2D eigenvalue weighted by atomic mass is 32.2. The molecule has 0 amide bonds. The van der Waals surface area contributed by atoms with Crippen molar-refractivity contribution >= 4 is 11.8 Å². The molecule has 0 aromatic carbocycles. The standard InChI is InChI=1S/C10H20O2S/c1-8(2)9(3,6-11)10(12)4-5-13-7-10/h8,11-12H,4-7H2,1-3H3. The second-order valence-corrected chi connectivity index (χ2v) is 5.67. The number of aliphatic hydroxyl groups excluding tert-OH is 1. The number of hydrogen-bond donors (Lipinski definition) is 2. The van der Waals surface area contributed by atoms with E-state index in [-0.39, 0.29) is 12.0 Å². The fourth-order valence-electron chi connectivity index (χ4n) is 1.87. The lowest BCUT2D eigenvalue weighted by Gasteiger charge is -2.44. The molecule has 1 aliphatic rings. The van der Waals surface area contributed by atoms with E-state index in [1.807, 2.05) is 6.92 Å². The summed E-state index contributed by atoms with van der Waals surface area (Å²) in [6.07, 6.45) is 0.812. The molecule has 2 nitrogen and oxygen atoms in total. The van der Waals surface area contributed by atoms with Crippen LogP contribution in [-0.4, -0.2) is 33.9 Å². The molecule has 0 spiro atoms. The van der Waals surface area contributed by atoms with E-state index < -0.39 is 5.60 Å². The Morgan fingerprint density at radius 3 is 2.46 bits per heavy atom. The van der Waals surface area contributed by atoms with E-state index in [0.29, 0.717) is 5.92 Å². The summed E-state index contributed by atoms with van der Waals surface area (Å²) >= 11 is 1.78. The van der Waals surface area contributed by atoms with Crippen molar-refractivity contribution in [2.45, 2.75) is 32.8 Å². The van der Waals surface area contributed by atoms with Gasteiger partial charge in [-0.3, -0.25) is 0 Å². The second kappa shape index (κ2) is 3.79. The largest absolute Gasteiger partial charge is 0.396 e. The second-order valence-electron chi connectivity index (χ2n) is 4.56. The first kappa shape index (κ1) is 11.3. The Labute approximate surface area is 84.7 Å². The summed E-state index contributed by atoms with van der Waals surface area (Å²) in [7, 11) is 0.